The predicted octanol–water partition coefficient (Wildman–Crippen LogP) is 1.19. The molecule has 6 heteroatoms. The number of aliphatic hydroxyl groups is 1. The third kappa shape index (κ3) is 1.77. The van der Waals surface area contributed by atoms with E-state index < -0.39 is 18.6 Å². The van der Waals surface area contributed by atoms with Crippen LogP contribution < -0.4 is 5.73 Å². The molecule has 0 aromatic carbocycles. The Morgan fingerprint density at radius 1 is 1.44 bits per heavy atom. The number of nitrogens with zero attached hydrogens (tertiary/aromatic N) is 1. The van der Waals surface area contributed by atoms with Gasteiger partial charge in [0.15, 0.2) is 0 Å². The maximum absolute atomic E-state index is 13.1. The number of pyridine rings is 1. The third-order valence-corrected chi connectivity index (χ3v) is 2.41. The van der Waals surface area contributed by atoms with Gasteiger partial charge in [0.2, 0.25) is 0 Å². The number of H-pyrrole nitrogens is 1. The minimum absolute atomic E-state index is 0.0613. The lowest BCUT2D eigenvalue weighted by molar-refractivity contribution is -0.0720. The second-order valence-corrected chi connectivity index (χ2v) is 3.54. The molecule has 86 valence electrons. The number of alkyl halides is 2. The lowest BCUT2D eigenvalue weighted by atomic mass is 10.1. The largest absolute Gasteiger partial charge is 0.390 e. The summed E-state index contributed by atoms with van der Waals surface area (Å²) in [7, 11) is 0. The second kappa shape index (κ2) is 3.80. The van der Waals surface area contributed by atoms with Gasteiger partial charge in [-0.25, -0.2) is 13.8 Å². The first kappa shape index (κ1) is 11.0. The van der Waals surface area contributed by atoms with E-state index in [1.54, 1.807) is 18.3 Å². The number of nitrogens with two attached hydrogens (primary N) is 1. The average Bonchev–Trinajstić information content (AvgIpc) is 2.74. The van der Waals surface area contributed by atoms with Crippen molar-refractivity contribution in [2.45, 2.75) is 12.0 Å². The highest BCUT2D eigenvalue weighted by Gasteiger charge is 2.38. The zero-order valence-corrected chi connectivity index (χ0v) is 8.32. The Morgan fingerprint density at radius 2 is 2.19 bits per heavy atom. The Labute approximate surface area is 90.1 Å². The van der Waals surface area contributed by atoms with E-state index in [0.717, 1.165) is 5.52 Å². The van der Waals surface area contributed by atoms with E-state index in [1.165, 1.54) is 6.07 Å². The highest BCUT2D eigenvalue weighted by molar-refractivity contribution is 5.74. The summed E-state index contributed by atoms with van der Waals surface area (Å²) in [4.78, 5) is 6.90. The van der Waals surface area contributed by atoms with Crippen LogP contribution in [0.1, 0.15) is 11.7 Å². The van der Waals surface area contributed by atoms with E-state index in [9.17, 15) is 8.78 Å². The zero-order valence-electron chi connectivity index (χ0n) is 8.32. The molecule has 2 heterocycles. The Bertz CT molecular complexity index is 498. The van der Waals surface area contributed by atoms with Crippen LogP contribution >= 0.6 is 0 Å². The smallest absolute Gasteiger partial charge is 0.291 e. The summed E-state index contributed by atoms with van der Waals surface area (Å²) in [5.41, 5.74) is 6.75. The van der Waals surface area contributed by atoms with Crippen molar-refractivity contribution in [2.75, 3.05) is 6.61 Å². The van der Waals surface area contributed by atoms with Crippen LogP contribution in [-0.4, -0.2) is 27.6 Å². The molecule has 0 saturated carbocycles. The maximum Gasteiger partial charge on any atom is 0.291 e. The summed E-state index contributed by atoms with van der Waals surface area (Å²) in [6, 6.07) is 3.12. The highest BCUT2D eigenvalue weighted by Crippen LogP contribution is 2.28. The molecule has 0 aliphatic heterocycles. The van der Waals surface area contributed by atoms with E-state index in [1.807, 2.05) is 0 Å². The molecule has 0 aliphatic carbocycles. The fourth-order valence-electron chi connectivity index (χ4n) is 1.44. The fourth-order valence-corrected chi connectivity index (χ4v) is 1.44. The number of hydrogen-bond donors (Lipinski definition) is 3. The molecule has 0 unspecified atom stereocenters. The Hall–Kier alpha value is -1.53. The van der Waals surface area contributed by atoms with Crippen LogP contribution in [-0.2, 0) is 0 Å². The normalized spacial score (nSPS) is 14.2. The summed E-state index contributed by atoms with van der Waals surface area (Å²) in [5, 5.41) is 8.54. The second-order valence-electron chi connectivity index (χ2n) is 3.54. The molecule has 0 amide bonds. The summed E-state index contributed by atoms with van der Waals surface area (Å²) in [6.07, 6.45) is 1.66. The van der Waals surface area contributed by atoms with E-state index in [4.69, 9.17) is 10.8 Å². The summed E-state index contributed by atoms with van der Waals surface area (Å²) in [5.74, 6) is -3.36. The molecule has 0 bridgehead atoms. The van der Waals surface area contributed by atoms with Crippen LogP contribution in [0.2, 0.25) is 0 Å². The van der Waals surface area contributed by atoms with Gasteiger partial charge < -0.3 is 15.8 Å². The molecular weight excluding hydrogens is 216 g/mol. The van der Waals surface area contributed by atoms with Gasteiger partial charge in [-0.1, -0.05) is 0 Å². The van der Waals surface area contributed by atoms with Crippen molar-refractivity contribution >= 4 is 11.0 Å². The lowest BCUT2D eigenvalue weighted by Gasteiger charge is -2.20. The van der Waals surface area contributed by atoms with Crippen molar-refractivity contribution in [3.8, 4) is 0 Å². The topological polar surface area (TPSA) is 74.9 Å². The highest BCUT2D eigenvalue weighted by atomic mass is 19.3. The minimum atomic E-state index is -3.36. The monoisotopic (exact) mass is 227 g/mol. The standard InChI is InChI=1S/C10H11F2N3O/c11-10(12,5-16)9(13)8-2-1-6-7(15-8)3-4-14-6/h1-4,9,14,16H,5,13H2/t9-/m0/s1. The summed E-state index contributed by atoms with van der Waals surface area (Å²) in [6.45, 7) is -1.29. The molecule has 1 atom stereocenters. The minimum Gasteiger partial charge on any atom is -0.390 e. The maximum atomic E-state index is 13.1. The molecule has 0 aliphatic rings. The molecule has 4 N–H and O–H groups in total. The van der Waals surface area contributed by atoms with Crippen molar-refractivity contribution in [2.24, 2.45) is 5.73 Å². The molecule has 0 spiro atoms. The number of aliphatic hydroxyl groups excluding tert-OH is 1. The van der Waals surface area contributed by atoms with Crippen LogP contribution in [0.5, 0.6) is 0 Å². The van der Waals surface area contributed by atoms with E-state index in [0.29, 0.717) is 5.52 Å². The van der Waals surface area contributed by atoms with Gasteiger partial charge in [-0.15, -0.1) is 0 Å². The van der Waals surface area contributed by atoms with Gasteiger partial charge in [-0.2, -0.15) is 0 Å². The van der Waals surface area contributed by atoms with E-state index in [-0.39, 0.29) is 5.69 Å². The molecule has 2 aromatic rings. The molecular formula is C10H11F2N3O. The molecule has 0 saturated heterocycles. The van der Waals surface area contributed by atoms with E-state index >= 15 is 0 Å². The first-order chi connectivity index (χ1) is 7.54. The third-order valence-electron chi connectivity index (χ3n) is 2.41. The molecule has 0 fully saturated rings. The van der Waals surface area contributed by atoms with Crippen molar-refractivity contribution in [3.05, 3.63) is 30.1 Å². The number of rotatable bonds is 3. The number of fused-ring (bicyclic) bond motifs is 1. The van der Waals surface area contributed by atoms with Gasteiger partial charge in [0.25, 0.3) is 5.92 Å². The van der Waals surface area contributed by atoms with Gasteiger partial charge in [0.1, 0.15) is 12.6 Å². The Morgan fingerprint density at radius 3 is 2.88 bits per heavy atom. The van der Waals surface area contributed by atoms with Crippen molar-refractivity contribution < 1.29 is 13.9 Å². The molecule has 16 heavy (non-hydrogen) atoms. The Kier molecular flexibility index (Phi) is 2.61. The van der Waals surface area contributed by atoms with Gasteiger partial charge in [0.05, 0.1) is 16.7 Å². The van der Waals surface area contributed by atoms with E-state index in [2.05, 4.69) is 9.97 Å². The summed E-state index contributed by atoms with van der Waals surface area (Å²) < 4.78 is 26.3. The predicted molar refractivity (Wildman–Crippen MR) is 55.1 cm³/mol. The van der Waals surface area contributed by atoms with Crippen LogP contribution in [0.4, 0.5) is 8.78 Å². The van der Waals surface area contributed by atoms with Crippen LogP contribution in [0.25, 0.3) is 11.0 Å². The van der Waals surface area contributed by atoms with Crippen molar-refractivity contribution in [1.82, 2.24) is 9.97 Å². The first-order valence-electron chi connectivity index (χ1n) is 4.73. The zero-order chi connectivity index (χ0) is 11.8. The number of nitrogens with one attached hydrogen (secondary N) is 1. The molecule has 2 aromatic heterocycles. The molecule has 2 rings (SSSR count). The summed E-state index contributed by atoms with van der Waals surface area (Å²) >= 11 is 0. The number of halogens is 2. The fraction of sp³-hybridized carbons (Fsp3) is 0.300. The number of aromatic nitrogens is 2. The van der Waals surface area contributed by atoms with Gasteiger partial charge in [-0.05, 0) is 18.2 Å². The van der Waals surface area contributed by atoms with Crippen molar-refractivity contribution in [3.63, 3.8) is 0 Å². The number of aromatic amines is 1. The Balaban J connectivity index is 2.39. The quantitative estimate of drug-likeness (QED) is 0.737. The average molecular weight is 227 g/mol. The van der Waals surface area contributed by atoms with Gasteiger partial charge >= 0.3 is 0 Å². The van der Waals surface area contributed by atoms with Crippen LogP contribution in [0.3, 0.4) is 0 Å². The molecule has 4 nitrogen and oxygen atoms in total. The first-order valence-corrected chi connectivity index (χ1v) is 4.73. The van der Waals surface area contributed by atoms with Crippen LogP contribution in [0, 0.1) is 0 Å². The van der Waals surface area contributed by atoms with Gasteiger partial charge in [-0.3, -0.25) is 0 Å². The van der Waals surface area contributed by atoms with Crippen molar-refractivity contribution in [1.29, 1.82) is 0 Å². The van der Waals surface area contributed by atoms with Crippen LogP contribution in [0.15, 0.2) is 24.4 Å². The number of hydrogen-bond acceptors (Lipinski definition) is 3. The lowest BCUT2D eigenvalue weighted by Crippen LogP contribution is -2.36. The molecule has 0 radical (unpaired) electrons. The van der Waals surface area contributed by atoms with Gasteiger partial charge in [0, 0.05) is 6.20 Å². The SMILES string of the molecule is N[C@@H](c1ccc2[nH]ccc2n1)C(F)(F)CO.